The predicted octanol–water partition coefficient (Wildman–Crippen LogP) is 3.89. The highest BCUT2D eigenvalue weighted by atomic mass is 16.5. The number of nitrogens with zero attached hydrogens (tertiary/aromatic N) is 3. The molecule has 0 N–H and O–H groups in total. The van der Waals surface area contributed by atoms with E-state index in [0.717, 1.165) is 48.2 Å². The average Bonchev–Trinajstić information content (AvgIpc) is 3.08. The third-order valence-corrected chi connectivity index (χ3v) is 4.78. The van der Waals surface area contributed by atoms with E-state index in [9.17, 15) is 4.79 Å². The Balaban J connectivity index is 1.82. The highest BCUT2D eigenvalue weighted by molar-refractivity contribution is 5.94. The van der Waals surface area contributed by atoms with Crippen molar-refractivity contribution >= 4 is 16.9 Å². The first-order valence-corrected chi connectivity index (χ1v) is 8.84. The van der Waals surface area contributed by atoms with Gasteiger partial charge in [-0.15, -0.1) is 0 Å². The third-order valence-electron chi connectivity index (χ3n) is 4.78. The molecule has 1 atom stereocenters. The number of carbonyl (C=O) groups excluding carboxylic acids is 1. The van der Waals surface area contributed by atoms with Crippen LogP contribution in [0, 0.1) is 6.92 Å². The van der Waals surface area contributed by atoms with E-state index in [0.29, 0.717) is 11.3 Å². The molecule has 0 saturated carbocycles. The first-order chi connectivity index (χ1) is 12.7. The van der Waals surface area contributed by atoms with Crippen LogP contribution in [0.3, 0.4) is 0 Å². The molecule has 26 heavy (non-hydrogen) atoms. The molecule has 0 bridgehead atoms. The molecule has 1 fully saturated rings. The van der Waals surface area contributed by atoms with Gasteiger partial charge in [-0.05, 0) is 44.4 Å². The predicted molar refractivity (Wildman–Crippen MR) is 97.9 cm³/mol. The molecule has 4 rings (SSSR count). The molecule has 0 amide bonds. The van der Waals surface area contributed by atoms with Crippen molar-refractivity contribution in [3.63, 3.8) is 0 Å². The molecule has 1 aliphatic heterocycles. The van der Waals surface area contributed by atoms with Crippen molar-refractivity contribution in [2.75, 3.05) is 13.7 Å². The first-order valence-electron chi connectivity index (χ1n) is 8.84. The maximum atomic E-state index is 11.8. The number of aryl methyl sites for hydroxylation is 1. The van der Waals surface area contributed by atoms with Gasteiger partial charge in [0.05, 0.1) is 29.6 Å². The highest BCUT2D eigenvalue weighted by Crippen LogP contribution is 2.32. The summed E-state index contributed by atoms with van der Waals surface area (Å²) >= 11 is 0. The minimum Gasteiger partial charge on any atom is -0.465 e. The molecule has 6 nitrogen and oxygen atoms in total. The second kappa shape index (κ2) is 6.88. The maximum absolute atomic E-state index is 11.8. The molecule has 3 heterocycles. The van der Waals surface area contributed by atoms with Gasteiger partial charge in [-0.25, -0.2) is 9.48 Å². The fourth-order valence-electron chi connectivity index (χ4n) is 3.43. The van der Waals surface area contributed by atoms with Gasteiger partial charge >= 0.3 is 5.97 Å². The van der Waals surface area contributed by atoms with Crippen molar-refractivity contribution in [1.29, 1.82) is 0 Å². The zero-order valence-corrected chi connectivity index (χ0v) is 14.9. The van der Waals surface area contributed by atoms with Crippen LogP contribution < -0.4 is 0 Å². The fraction of sp³-hybridized carbons (Fsp3) is 0.350. The Morgan fingerprint density at radius 2 is 2.08 bits per heavy atom. The summed E-state index contributed by atoms with van der Waals surface area (Å²) in [5.74, 6) is -0.382. The van der Waals surface area contributed by atoms with Crippen LogP contribution >= 0.6 is 0 Å². The number of hydrogen-bond acceptors (Lipinski definition) is 5. The van der Waals surface area contributed by atoms with Gasteiger partial charge < -0.3 is 9.47 Å². The van der Waals surface area contributed by atoms with Crippen LogP contribution in [0.25, 0.3) is 22.3 Å². The van der Waals surface area contributed by atoms with E-state index < -0.39 is 0 Å². The van der Waals surface area contributed by atoms with Crippen molar-refractivity contribution in [1.82, 2.24) is 14.8 Å². The number of esters is 1. The van der Waals surface area contributed by atoms with Crippen LogP contribution in [-0.4, -0.2) is 34.5 Å². The second-order valence-electron chi connectivity index (χ2n) is 6.45. The van der Waals surface area contributed by atoms with Crippen LogP contribution in [0.4, 0.5) is 0 Å². The Labute approximate surface area is 151 Å². The first kappa shape index (κ1) is 16.7. The second-order valence-corrected chi connectivity index (χ2v) is 6.45. The maximum Gasteiger partial charge on any atom is 0.339 e. The number of benzene rings is 1. The normalized spacial score (nSPS) is 17.4. The van der Waals surface area contributed by atoms with Crippen LogP contribution in [0.1, 0.15) is 41.5 Å². The zero-order chi connectivity index (χ0) is 18.1. The quantitative estimate of drug-likeness (QED) is 0.670. The molecule has 0 aliphatic carbocycles. The molecule has 134 valence electrons. The number of aromatic nitrogens is 3. The van der Waals surface area contributed by atoms with Gasteiger partial charge in [0, 0.05) is 12.0 Å². The molecule has 3 aromatic rings. The van der Waals surface area contributed by atoms with E-state index in [-0.39, 0.29) is 12.2 Å². The molecule has 2 aromatic heterocycles. The molecule has 6 heteroatoms. The van der Waals surface area contributed by atoms with Gasteiger partial charge in [-0.1, -0.05) is 18.2 Å². The zero-order valence-electron chi connectivity index (χ0n) is 14.9. The molecule has 1 unspecified atom stereocenters. The SMILES string of the molecule is COC(=O)c1ccc(-c2nn(C3CCCCO3)c3ccccc23)nc1C. The summed E-state index contributed by atoms with van der Waals surface area (Å²) in [5.41, 5.74) is 3.67. The van der Waals surface area contributed by atoms with Gasteiger partial charge in [0.1, 0.15) is 5.69 Å². The number of fused-ring (bicyclic) bond motifs is 1. The molecular weight excluding hydrogens is 330 g/mol. The lowest BCUT2D eigenvalue weighted by atomic mass is 10.1. The monoisotopic (exact) mass is 351 g/mol. The number of carbonyl (C=O) groups is 1. The Morgan fingerprint density at radius 3 is 2.81 bits per heavy atom. The smallest absolute Gasteiger partial charge is 0.339 e. The number of pyridine rings is 1. The summed E-state index contributed by atoms with van der Waals surface area (Å²) in [6.07, 6.45) is 3.15. The van der Waals surface area contributed by atoms with E-state index in [4.69, 9.17) is 14.6 Å². The number of para-hydroxylation sites is 1. The fourth-order valence-corrected chi connectivity index (χ4v) is 3.43. The van der Waals surface area contributed by atoms with E-state index in [1.165, 1.54) is 7.11 Å². The van der Waals surface area contributed by atoms with Crippen molar-refractivity contribution in [3.05, 3.63) is 47.7 Å². The van der Waals surface area contributed by atoms with Crippen LogP contribution in [0.15, 0.2) is 36.4 Å². The lowest BCUT2D eigenvalue weighted by Crippen LogP contribution is -2.19. The third kappa shape index (κ3) is 2.86. The standard InChI is InChI=1S/C20H21N3O3/c1-13-14(20(24)25-2)10-11-16(21-13)19-15-7-3-4-8-17(15)23(22-19)18-9-5-6-12-26-18/h3-4,7-8,10-11,18H,5-6,9,12H2,1-2H3. The van der Waals surface area contributed by atoms with Gasteiger partial charge in [0.15, 0.2) is 6.23 Å². The number of rotatable bonds is 3. The lowest BCUT2D eigenvalue weighted by Gasteiger charge is -2.23. The van der Waals surface area contributed by atoms with Gasteiger partial charge in [0.2, 0.25) is 0 Å². The Hall–Kier alpha value is -2.73. The van der Waals surface area contributed by atoms with Gasteiger partial charge in [-0.3, -0.25) is 4.98 Å². The van der Waals surface area contributed by atoms with E-state index in [1.54, 1.807) is 13.0 Å². The molecule has 0 spiro atoms. The average molecular weight is 351 g/mol. The van der Waals surface area contributed by atoms with E-state index in [1.807, 2.05) is 28.9 Å². The summed E-state index contributed by atoms with van der Waals surface area (Å²) in [6, 6.07) is 11.7. The van der Waals surface area contributed by atoms with Crippen molar-refractivity contribution in [3.8, 4) is 11.4 Å². The number of methoxy groups -OCH3 is 1. The minimum absolute atomic E-state index is 0.0437. The van der Waals surface area contributed by atoms with Crippen molar-refractivity contribution < 1.29 is 14.3 Å². The van der Waals surface area contributed by atoms with E-state index in [2.05, 4.69) is 11.1 Å². The van der Waals surface area contributed by atoms with Crippen molar-refractivity contribution in [2.45, 2.75) is 32.4 Å². The number of ether oxygens (including phenoxy) is 2. The van der Waals surface area contributed by atoms with Crippen LogP contribution in [0.2, 0.25) is 0 Å². The molecule has 1 aliphatic rings. The molecule has 1 aromatic carbocycles. The summed E-state index contributed by atoms with van der Waals surface area (Å²) in [6.45, 7) is 2.57. The topological polar surface area (TPSA) is 66.2 Å². The van der Waals surface area contributed by atoms with Gasteiger partial charge in [0.25, 0.3) is 0 Å². The lowest BCUT2D eigenvalue weighted by molar-refractivity contribution is -0.0365. The molecule has 1 saturated heterocycles. The summed E-state index contributed by atoms with van der Waals surface area (Å²) in [7, 11) is 1.37. The Kier molecular flexibility index (Phi) is 4.42. The Morgan fingerprint density at radius 1 is 1.23 bits per heavy atom. The molecule has 0 radical (unpaired) electrons. The van der Waals surface area contributed by atoms with Crippen LogP contribution in [0.5, 0.6) is 0 Å². The Bertz CT molecular complexity index is 958. The largest absolute Gasteiger partial charge is 0.465 e. The summed E-state index contributed by atoms with van der Waals surface area (Å²) in [4.78, 5) is 16.4. The van der Waals surface area contributed by atoms with E-state index >= 15 is 0 Å². The molecular formula is C20H21N3O3. The highest BCUT2D eigenvalue weighted by Gasteiger charge is 2.22. The van der Waals surface area contributed by atoms with Gasteiger partial charge in [-0.2, -0.15) is 5.10 Å². The summed E-state index contributed by atoms with van der Waals surface area (Å²) < 4.78 is 12.7. The van der Waals surface area contributed by atoms with Crippen molar-refractivity contribution in [2.24, 2.45) is 0 Å². The minimum atomic E-state index is -0.382. The van der Waals surface area contributed by atoms with Crippen LogP contribution in [-0.2, 0) is 9.47 Å². The summed E-state index contributed by atoms with van der Waals surface area (Å²) in [5, 5.41) is 5.86. The number of hydrogen-bond donors (Lipinski definition) is 0.